The molecule has 1 aromatic rings. The van der Waals surface area contributed by atoms with Gasteiger partial charge in [0, 0.05) is 5.38 Å². The van der Waals surface area contributed by atoms with E-state index in [1.165, 1.54) is 0 Å². The van der Waals surface area contributed by atoms with E-state index >= 15 is 0 Å². The van der Waals surface area contributed by atoms with Gasteiger partial charge in [0.15, 0.2) is 5.69 Å². The Bertz CT molecular complexity index is 347. The third kappa shape index (κ3) is 2.46. The Morgan fingerprint density at radius 1 is 1.71 bits per heavy atom. The first-order valence-electron chi connectivity index (χ1n) is 3.83. The van der Waals surface area contributed by atoms with Gasteiger partial charge in [-0.1, -0.05) is 16.7 Å². The van der Waals surface area contributed by atoms with Crippen LogP contribution in [0.4, 0.5) is 0 Å². The van der Waals surface area contributed by atoms with Gasteiger partial charge in [-0.2, -0.15) is 0 Å². The summed E-state index contributed by atoms with van der Waals surface area (Å²) in [6.07, 6.45) is 0. The van der Waals surface area contributed by atoms with Crippen molar-refractivity contribution in [2.75, 3.05) is 0 Å². The highest BCUT2D eigenvalue weighted by atomic mass is 32.1. The SMILES string of the molecule is CC(C)(NC(=O)c1csnn1)C(N)=S. The second-order valence-electron chi connectivity index (χ2n) is 3.23. The summed E-state index contributed by atoms with van der Waals surface area (Å²) < 4.78 is 3.58. The smallest absolute Gasteiger partial charge is 0.273 e. The van der Waals surface area contributed by atoms with E-state index in [2.05, 4.69) is 14.9 Å². The number of aromatic nitrogens is 2. The molecule has 5 nitrogen and oxygen atoms in total. The third-order valence-electron chi connectivity index (χ3n) is 1.63. The van der Waals surface area contributed by atoms with Crippen molar-refractivity contribution in [3.8, 4) is 0 Å². The molecule has 0 saturated carbocycles. The molecule has 3 N–H and O–H groups in total. The summed E-state index contributed by atoms with van der Waals surface area (Å²) in [7, 11) is 0. The lowest BCUT2D eigenvalue weighted by molar-refractivity contribution is 0.0927. The fraction of sp³-hybridized carbons (Fsp3) is 0.429. The number of carbonyl (C=O) groups is 1. The molecule has 0 aliphatic carbocycles. The first-order chi connectivity index (χ1) is 6.43. The molecule has 1 amide bonds. The van der Waals surface area contributed by atoms with E-state index < -0.39 is 5.54 Å². The molecule has 1 aromatic heterocycles. The van der Waals surface area contributed by atoms with Crippen LogP contribution in [-0.2, 0) is 0 Å². The van der Waals surface area contributed by atoms with Crippen molar-refractivity contribution in [3.63, 3.8) is 0 Å². The zero-order valence-corrected chi connectivity index (χ0v) is 9.41. The molecule has 1 rings (SSSR count). The van der Waals surface area contributed by atoms with Crippen LogP contribution in [-0.4, -0.2) is 26.0 Å². The topological polar surface area (TPSA) is 80.9 Å². The van der Waals surface area contributed by atoms with Gasteiger partial charge in [0.1, 0.15) is 0 Å². The van der Waals surface area contributed by atoms with Gasteiger partial charge >= 0.3 is 0 Å². The maximum atomic E-state index is 11.5. The molecule has 0 aliphatic heterocycles. The van der Waals surface area contributed by atoms with Gasteiger partial charge in [-0.05, 0) is 25.4 Å². The molecule has 0 aliphatic rings. The standard InChI is InChI=1S/C7H10N4OS2/c1-7(2,6(8)13)9-5(12)4-3-14-11-10-4/h3H,1-2H3,(H2,8,13)(H,9,12). The molecule has 76 valence electrons. The Morgan fingerprint density at radius 3 is 2.79 bits per heavy atom. The highest BCUT2D eigenvalue weighted by molar-refractivity contribution is 7.80. The summed E-state index contributed by atoms with van der Waals surface area (Å²) in [6, 6.07) is 0. The fourth-order valence-corrected chi connectivity index (χ4v) is 1.16. The average Bonchev–Trinajstić information content (AvgIpc) is 2.54. The van der Waals surface area contributed by atoms with Crippen LogP contribution in [0, 0.1) is 0 Å². The highest BCUT2D eigenvalue weighted by Crippen LogP contribution is 2.05. The first kappa shape index (κ1) is 11.0. The minimum atomic E-state index is -0.712. The number of thiocarbonyl (C=S) groups is 1. The van der Waals surface area contributed by atoms with Crippen LogP contribution >= 0.6 is 23.8 Å². The lowest BCUT2D eigenvalue weighted by Crippen LogP contribution is -2.52. The third-order valence-corrected chi connectivity index (χ3v) is 2.65. The molecule has 0 saturated heterocycles. The summed E-state index contributed by atoms with van der Waals surface area (Å²) in [5.74, 6) is -0.323. The Labute approximate surface area is 90.9 Å². The van der Waals surface area contributed by atoms with Crippen LogP contribution in [0.2, 0.25) is 0 Å². The number of amides is 1. The van der Waals surface area contributed by atoms with E-state index in [-0.39, 0.29) is 16.6 Å². The van der Waals surface area contributed by atoms with Crippen molar-refractivity contribution in [3.05, 3.63) is 11.1 Å². The summed E-state index contributed by atoms with van der Waals surface area (Å²) in [5.41, 5.74) is 5.02. The number of hydrogen-bond acceptors (Lipinski definition) is 5. The number of carbonyl (C=O) groups excluding carboxylic acids is 1. The molecule has 0 spiro atoms. The van der Waals surface area contributed by atoms with Gasteiger partial charge in [0.05, 0.1) is 10.5 Å². The van der Waals surface area contributed by atoms with Gasteiger partial charge in [0.25, 0.3) is 5.91 Å². The minimum Gasteiger partial charge on any atom is -0.391 e. The molecule has 14 heavy (non-hydrogen) atoms. The van der Waals surface area contributed by atoms with Crippen molar-refractivity contribution in [2.24, 2.45) is 5.73 Å². The number of rotatable bonds is 3. The Morgan fingerprint density at radius 2 is 2.36 bits per heavy atom. The van der Waals surface area contributed by atoms with Crippen LogP contribution in [0.25, 0.3) is 0 Å². The van der Waals surface area contributed by atoms with Crippen LogP contribution < -0.4 is 11.1 Å². The molecule has 1 heterocycles. The largest absolute Gasteiger partial charge is 0.391 e. The van der Waals surface area contributed by atoms with Crippen LogP contribution in [0.3, 0.4) is 0 Å². The van der Waals surface area contributed by atoms with Gasteiger partial charge in [0.2, 0.25) is 0 Å². The van der Waals surface area contributed by atoms with E-state index in [4.69, 9.17) is 18.0 Å². The second kappa shape index (κ2) is 3.97. The monoisotopic (exact) mass is 230 g/mol. The molecule has 0 unspecified atom stereocenters. The van der Waals surface area contributed by atoms with Crippen molar-refractivity contribution in [2.45, 2.75) is 19.4 Å². The van der Waals surface area contributed by atoms with E-state index in [0.29, 0.717) is 0 Å². The molecular formula is C7H10N4OS2. The molecule has 0 fully saturated rings. The Balaban J connectivity index is 2.71. The number of hydrogen-bond donors (Lipinski definition) is 2. The van der Waals surface area contributed by atoms with Gasteiger partial charge in [-0.15, -0.1) is 5.10 Å². The number of nitrogens with one attached hydrogen (secondary N) is 1. The van der Waals surface area contributed by atoms with Gasteiger partial charge in [-0.3, -0.25) is 4.79 Å². The molecule has 0 aromatic carbocycles. The van der Waals surface area contributed by atoms with E-state index in [0.717, 1.165) is 11.5 Å². The molecule has 0 atom stereocenters. The number of nitrogens with two attached hydrogens (primary N) is 1. The normalized spacial score (nSPS) is 11.0. The van der Waals surface area contributed by atoms with Crippen LogP contribution in [0.15, 0.2) is 5.38 Å². The lowest BCUT2D eigenvalue weighted by Gasteiger charge is -2.23. The zero-order valence-electron chi connectivity index (χ0n) is 7.77. The van der Waals surface area contributed by atoms with Crippen LogP contribution in [0.5, 0.6) is 0 Å². The number of nitrogens with zero attached hydrogens (tertiary/aromatic N) is 2. The Kier molecular flexibility index (Phi) is 3.12. The molecule has 0 radical (unpaired) electrons. The van der Waals surface area contributed by atoms with E-state index in [1.807, 2.05) is 0 Å². The van der Waals surface area contributed by atoms with Crippen molar-refractivity contribution in [1.29, 1.82) is 0 Å². The first-order valence-corrected chi connectivity index (χ1v) is 5.07. The van der Waals surface area contributed by atoms with E-state index in [1.54, 1.807) is 19.2 Å². The lowest BCUT2D eigenvalue weighted by atomic mass is 10.1. The Hall–Kier alpha value is -1.08. The van der Waals surface area contributed by atoms with Gasteiger partial charge < -0.3 is 11.1 Å². The summed E-state index contributed by atoms with van der Waals surface area (Å²) in [5, 5.41) is 7.85. The van der Waals surface area contributed by atoms with Crippen molar-refractivity contribution < 1.29 is 4.79 Å². The van der Waals surface area contributed by atoms with Crippen molar-refractivity contribution >= 4 is 34.6 Å². The quantitative estimate of drug-likeness (QED) is 0.731. The molecule has 7 heteroatoms. The maximum Gasteiger partial charge on any atom is 0.273 e. The minimum absolute atomic E-state index is 0.231. The fourth-order valence-electron chi connectivity index (χ4n) is 0.673. The van der Waals surface area contributed by atoms with Crippen LogP contribution in [0.1, 0.15) is 24.3 Å². The average molecular weight is 230 g/mol. The maximum absolute atomic E-state index is 11.5. The summed E-state index contributed by atoms with van der Waals surface area (Å²) in [4.78, 5) is 11.7. The molecule has 0 bridgehead atoms. The zero-order chi connectivity index (χ0) is 10.8. The van der Waals surface area contributed by atoms with Crippen molar-refractivity contribution in [1.82, 2.24) is 14.9 Å². The predicted molar refractivity (Wildman–Crippen MR) is 58.2 cm³/mol. The second-order valence-corrected chi connectivity index (χ2v) is 4.28. The van der Waals surface area contributed by atoms with E-state index in [9.17, 15) is 4.79 Å². The highest BCUT2D eigenvalue weighted by Gasteiger charge is 2.24. The van der Waals surface area contributed by atoms with Gasteiger partial charge in [-0.25, -0.2) is 0 Å². The predicted octanol–water partition coefficient (Wildman–Crippen LogP) is 0.333. The molecular weight excluding hydrogens is 220 g/mol. The summed E-state index contributed by atoms with van der Waals surface area (Å²) in [6.45, 7) is 3.46. The summed E-state index contributed by atoms with van der Waals surface area (Å²) >= 11 is 5.93.